The topological polar surface area (TPSA) is 50.4 Å². The van der Waals surface area contributed by atoms with Crippen LogP contribution in [-0.2, 0) is 16.0 Å². The number of ether oxygens (including phenoxy) is 1. The fourth-order valence-corrected chi connectivity index (χ4v) is 2.30. The van der Waals surface area contributed by atoms with Crippen molar-refractivity contribution >= 4 is 34.9 Å². The molecule has 0 saturated carbocycles. The molecule has 0 spiro atoms. The molecule has 1 aliphatic heterocycles. The Balaban J connectivity index is 1.87. The Morgan fingerprint density at radius 3 is 3.00 bits per heavy atom. The molecule has 0 unspecified atom stereocenters. The quantitative estimate of drug-likeness (QED) is 0.659. The van der Waals surface area contributed by atoms with Crippen LogP contribution in [0.5, 0.6) is 0 Å². The van der Waals surface area contributed by atoms with Crippen LogP contribution in [0.3, 0.4) is 0 Å². The summed E-state index contributed by atoms with van der Waals surface area (Å²) in [5.41, 5.74) is 2.35. The molecule has 1 aliphatic rings. The highest BCUT2D eigenvalue weighted by Gasteiger charge is 2.19. The van der Waals surface area contributed by atoms with Gasteiger partial charge < -0.3 is 15.4 Å². The van der Waals surface area contributed by atoms with Crippen LogP contribution >= 0.6 is 23.8 Å². The third-order valence-electron chi connectivity index (χ3n) is 2.94. The van der Waals surface area contributed by atoms with Crippen molar-refractivity contribution in [1.82, 2.24) is 10.6 Å². The van der Waals surface area contributed by atoms with E-state index in [-0.39, 0.29) is 5.97 Å². The molecule has 0 aromatic heterocycles. The predicted molar refractivity (Wildman–Crippen MR) is 82.6 cm³/mol. The van der Waals surface area contributed by atoms with Crippen molar-refractivity contribution in [3.63, 3.8) is 0 Å². The number of thiocarbonyl (C=S) groups is 1. The summed E-state index contributed by atoms with van der Waals surface area (Å²) < 4.78 is 5.27. The van der Waals surface area contributed by atoms with Gasteiger partial charge in [0, 0.05) is 17.1 Å². The van der Waals surface area contributed by atoms with Gasteiger partial charge in [0.15, 0.2) is 5.11 Å². The van der Waals surface area contributed by atoms with Crippen molar-refractivity contribution in [2.24, 2.45) is 0 Å². The lowest BCUT2D eigenvalue weighted by atomic mass is 10.1. The zero-order valence-corrected chi connectivity index (χ0v) is 12.6. The van der Waals surface area contributed by atoms with Gasteiger partial charge in [0.05, 0.1) is 18.7 Å². The molecule has 0 bridgehead atoms. The second kappa shape index (κ2) is 6.72. The molecule has 1 heterocycles. The van der Waals surface area contributed by atoms with Crippen LogP contribution in [0.15, 0.2) is 35.5 Å². The van der Waals surface area contributed by atoms with E-state index in [0.29, 0.717) is 35.3 Å². The van der Waals surface area contributed by atoms with E-state index in [1.54, 1.807) is 6.92 Å². The fourth-order valence-electron chi connectivity index (χ4n) is 1.86. The maximum atomic E-state index is 11.9. The van der Waals surface area contributed by atoms with Gasteiger partial charge in [-0.3, -0.25) is 0 Å². The van der Waals surface area contributed by atoms with Crippen LogP contribution in [0.25, 0.3) is 0 Å². The van der Waals surface area contributed by atoms with E-state index >= 15 is 0 Å². The normalized spacial score (nSPS) is 14.6. The largest absolute Gasteiger partial charge is 0.462 e. The van der Waals surface area contributed by atoms with Crippen LogP contribution in [0.4, 0.5) is 0 Å². The Kier molecular flexibility index (Phi) is 4.98. The summed E-state index contributed by atoms with van der Waals surface area (Å²) in [6.07, 6.45) is 0.637. The van der Waals surface area contributed by atoms with Crippen molar-refractivity contribution in [1.29, 1.82) is 0 Å². The number of allylic oxidation sites excluding steroid dienone is 1. The Bertz CT molecular complexity index is 572. The van der Waals surface area contributed by atoms with Crippen molar-refractivity contribution in [3.8, 4) is 0 Å². The second-order valence-corrected chi connectivity index (χ2v) is 5.27. The molecule has 20 heavy (non-hydrogen) atoms. The summed E-state index contributed by atoms with van der Waals surface area (Å²) >= 11 is 10.9. The zero-order chi connectivity index (χ0) is 14.5. The summed E-state index contributed by atoms with van der Waals surface area (Å²) in [7, 11) is 0. The first kappa shape index (κ1) is 14.8. The lowest BCUT2D eigenvalue weighted by Crippen LogP contribution is -2.43. The third kappa shape index (κ3) is 3.95. The Morgan fingerprint density at radius 1 is 1.50 bits per heavy atom. The number of nitrogens with one attached hydrogen (secondary N) is 2. The molecule has 4 nitrogen and oxygen atoms in total. The van der Waals surface area contributed by atoms with Crippen LogP contribution in [-0.4, -0.2) is 24.2 Å². The summed E-state index contributed by atoms with van der Waals surface area (Å²) in [5, 5.41) is 7.02. The molecule has 0 saturated heterocycles. The Labute approximate surface area is 128 Å². The Hall–Kier alpha value is -1.59. The minimum Gasteiger partial charge on any atom is -0.462 e. The van der Waals surface area contributed by atoms with E-state index in [1.807, 2.05) is 24.3 Å². The molecule has 0 atom stereocenters. The lowest BCUT2D eigenvalue weighted by Gasteiger charge is -2.20. The molecule has 2 rings (SSSR count). The average Bonchev–Trinajstić information content (AvgIpc) is 2.38. The molecule has 106 valence electrons. The van der Waals surface area contributed by atoms with Crippen molar-refractivity contribution in [3.05, 3.63) is 46.1 Å². The molecule has 1 aromatic rings. The third-order valence-corrected chi connectivity index (χ3v) is 3.42. The second-order valence-electron chi connectivity index (χ2n) is 4.43. The molecule has 0 radical (unpaired) electrons. The number of hydrogen-bond acceptors (Lipinski definition) is 3. The van der Waals surface area contributed by atoms with Gasteiger partial charge >= 0.3 is 5.97 Å². The minimum atomic E-state index is -0.327. The zero-order valence-electron chi connectivity index (χ0n) is 11.0. The van der Waals surface area contributed by atoms with Crippen molar-refractivity contribution in [2.75, 3.05) is 13.2 Å². The number of halogens is 1. The molecule has 2 N–H and O–H groups in total. The highest BCUT2D eigenvalue weighted by atomic mass is 35.5. The standard InChI is InChI=1S/C14H15ClN2O2S/c1-9-12(8-16-14(20)17-9)13(18)19-6-5-10-3-2-4-11(15)7-10/h2-4,7H,5-6,8H2,1H3,(H2,16,17,20). The van der Waals surface area contributed by atoms with E-state index in [1.165, 1.54) is 0 Å². The maximum absolute atomic E-state index is 11.9. The molecule has 0 amide bonds. The van der Waals surface area contributed by atoms with Gasteiger partial charge in [-0.1, -0.05) is 23.7 Å². The van der Waals surface area contributed by atoms with Gasteiger partial charge in [-0.2, -0.15) is 0 Å². The van der Waals surface area contributed by atoms with Gasteiger partial charge in [-0.15, -0.1) is 0 Å². The monoisotopic (exact) mass is 310 g/mol. The molecule has 6 heteroatoms. The summed E-state index contributed by atoms with van der Waals surface area (Å²) in [6.45, 7) is 2.52. The molecular formula is C14H15ClN2O2S. The smallest absolute Gasteiger partial charge is 0.337 e. The number of esters is 1. The summed E-state index contributed by atoms with van der Waals surface area (Å²) in [5.74, 6) is -0.327. The van der Waals surface area contributed by atoms with E-state index < -0.39 is 0 Å². The van der Waals surface area contributed by atoms with E-state index in [9.17, 15) is 4.79 Å². The number of carbonyl (C=O) groups is 1. The van der Waals surface area contributed by atoms with Gasteiger partial charge in [0.1, 0.15) is 0 Å². The van der Waals surface area contributed by atoms with Gasteiger partial charge in [0.2, 0.25) is 0 Å². The first-order valence-corrected chi connectivity index (χ1v) is 7.01. The highest BCUT2D eigenvalue weighted by Crippen LogP contribution is 2.12. The van der Waals surface area contributed by atoms with Crippen LogP contribution in [0, 0.1) is 0 Å². The van der Waals surface area contributed by atoms with Gasteiger partial charge in [-0.25, -0.2) is 4.79 Å². The summed E-state index contributed by atoms with van der Waals surface area (Å²) in [6, 6.07) is 7.50. The first-order valence-electron chi connectivity index (χ1n) is 6.22. The lowest BCUT2D eigenvalue weighted by molar-refractivity contribution is -0.139. The number of benzene rings is 1. The molecule has 1 aromatic carbocycles. The van der Waals surface area contributed by atoms with Crippen molar-refractivity contribution in [2.45, 2.75) is 13.3 Å². The molecular weight excluding hydrogens is 296 g/mol. The fraction of sp³-hybridized carbons (Fsp3) is 0.286. The van der Waals surface area contributed by atoms with Crippen LogP contribution in [0.2, 0.25) is 5.02 Å². The number of carbonyl (C=O) groups excluding carboxylic acids is 1. The average molecular weight is 311 g/mol. The highest BCUT2D eigenvalue weighted by molar-refractivity contribution is 7.80. The minimum absolute atomic E-state index is 0.320. The molecule has 0 fully saturated rings. The van der Waals surface area contributed by atoms with Gasteiger partial charge in [-0.05, 0) is 36.8 Å². The number of hydrogen-bond donors (Lipinski definition) is 2. The first-order chi connectivity index (χ1) is 9.56. The van der Waals surface area contributed by atoms with E-state index in [2.05, 4.69) is 10.6 Å². The summed E-state index contributed by atoms with van der Waals surface area (Å²) in [4.78, 5) is 11.9. The SMILES string of the molecule is CC1=C(C(=O)OCCc2cccc(Cl)c2)CNC(=S)N1. The van der Waals surface area contributed by atoms with Crippen LogP contribution < -0.4 is 10.6 Å². The Morgan fingerprint density at radius 2 is 2.30 bits per heavy atom. The van der Waals surface area contributed by atoms with Gasteiger partial charge in [0.25, 0.3) is 0 Å². The maximum Gasteiger partial charge on any atom is 0.337 e. The van der Waals surface area contributed by atoms with Crippen molar-refractivity contribution < 1.29 is 9.53 Å². The molecule has 0 aliphatic carbocycles. The number of rotatable bonds is 4. The van der Waals surface area contributed by atoms with E-state index in [0.717, 1.165) is 11.3 Å². The predicted octanol–water partition coefficient (Wildman–Crippen LogP) is 2.18. The van der Waals surface area contributed by atoms with Crippen LogP contribution in [0.1, 0.15) is 12.5 Å². The van der Waals surface area contributed by atoms with E-state index in [4.69, 9.17) is 28.6 Å².